The number of aromatic hydroxyl groups is 1. The molecule has 0 atom stereocenters. The fourth-order valence-electron chi connectivity index (χ4n) is 2.49. The molecular formula is C21H29N3O3. The largest absolute Gasteiger partial charge is 0.508 e. The van der Waals surface area contributed by atoms with E-state index in [2.05, 4.69) is 15.6 Å². The van der Waals surface area contributed by atoms with Crippen molar-refractivity contribution in [3.05, 3.63) is 54.1 Å². The zero-order valence-corrected chi connectivity index (χ0v) is 16.1. The number of nitrogens with zero attached hydrogens (tertiary/aromatic N) is 1. The van der Waals surface area contributed by atoms with Crippen LogP contribution in [0, 0.1) is 0 Å². The molecule has 0 heterocycles. The van der Waals surface area contributed by atoms with Crippen LogP contribution in [0.2, 0.25) is 0 Å². The van der Waals surface area contributed by atoms with Crippen LogP contribution in [0.1, 0.15) is 18.9 Å². The molecule has 146 valence electrons. The van der Waals surface area contributed by atoms with Gasteiger partial charge in [-0.25, -0.2) is 0 Å². The van der Waals surface area contributed by atoms with Crippen molar-refractivity contribution in [3.63, 3.8) is 0 Å². The van der Waals surface area contributed by atoms with Gasteiger partial charge in [-0.05, 0) is 61.7 Å². The SMILES string of the molecule is CCNC(=NCCCc1ccc(O)cc1)NCCOc1ccc(OC)cc1. The van der Waals surface area contributed by atoms with Crippen LogP contribution in [-0.4, -0.2) is 44.4 Å². The highest BCUT2D eigenvalue weighted by molar-refractivity contribution is 5.79. The van der Waals surface area contributed by atoms with E-state index in [0.717, 1.165) is 43.4 Å². The van der Waals surface area contributed by atoms with E-state index in [1.54, 1.807) is 19.2 Å². The van der Waals surface area contributed by atoms with Crippen LogP contribution in [0.15, 0.2) is 53.5 Å². The predicted octanol–water partition coefficient (Wildman–Crippen LogP) is 2.97. The summed E-state index contributed by atoms with van der Waals surface area (Å²) in [5.74, 6) is 2.72. The molecule has 0 saturated carbocycles. The van der Waals surface area contributed by atoms with Crippen molar-refractivity contribution in [1.82, 2.24) is 10.6 Å². The molecule has 6 heteroatoms. The van der Waals surface area contributed by atoms with Gasteiger partial charge in [-0.1, -0.05) is 12.1 Å². The topological polar surface area (TPSA) is 75.1 Å². The summed E-state index contributed by atoms with van der Waals surface area (Å²) in [6, 6.07) is 14.9. The molecule has 27 heavy (non-hydrogen) atoms. The van der Waals surface area contributed by atoms with E-state index in [0.29, 0.717) is 18.9 Å². The third-order valence-corrected chi connectivity index (χ3v) is 3.90. The molecule has 6 nitrogen and oxygen atoms in total. The Kier molecular flexibility index (Phi) is 8.83. The molecule has 0 spiro atoms. The van der Waals surface area contributed by atoms with E-state index in [1.807, 2.05) is 43.3 Å². The van der Waals surface area contributed by atoms with E-state index in [9.17, 15) is 5.11 Å². The molecule has 0 saturated heterocycles. The summed E-state index contributed by atoms with van der Waals surface area (Å²) in [5, 5.41) is 15.8. The summed E-state index contributed by atoms with van der Waals surface area (Å²) in [7, 11) is 1.64. The van der Waals surface area contributed by atoms with Gasteiger partial charge in [0.05, 0.1) is 13.7 Å². The second-order valence-corrected chi connectivity index (χ2v) is 5.98. The first kappa shape index (κ1) is 20.4. The normalized spacial score (nSPS) is 11.1. The van der Waals surface area contributed by atoms with Crippen LogP contribution >= 0.6 is 0 Å². The molecule has 0 aromatic heterocycles. The maximum Gasteiger partial charge on any atom is 0.191 e. The smallest absolute Gasteiger partial charge is 0.191 e. The highest BCUT2D eigenvalue weighted by Gasteiger charge is 1.99. The second-order valence-electron chi connectivity index (χ2n) is 5.98. The Morgan fingerprint density at radius 2 is 1.70 bits per heavy atom. The van der Waals surface area contributed by atoms with E-state index in [4.69, 9.17) is 9.47 Å². The minimum Gasteiger partial charge on any atom is -0.508 e. The van der Waals surface area contributed by atoms with Gasteiger partial charge in [0, 0.05) is 13.1 Å². The molecule has 0 aliphatic rings. The Morgan fingerprint density at radius 3 is 2.37 bits per heavy atom. The van der Waals surface area contributed by atoms with Crippen LogP contribution in [0.3, 0.4) is 0 Å². The number of aliphatic imine (C=N–C) groups is 1. The second kappa shape index (κ2) is 11.7. The minimum atomic E-state index is 0.298. The first-order valence-electron chi connectivity index (χ1n) is 9.28. The third kappa shape index (κ3) is 7.90. The van der Waals surface area contributed by atoms with Gasteiger partial charge in [0.2, 0.25) is 0 Å². The fourth-order valence-corrected chi connectivity index (χ4v) is 2.49. The van der Waals surface area contributed by atoms with Gasteiger partial charge in [-0.2, -0.15) is 0 Å². The van der Waals surface area contributed by atoms with Crippen LogP contribution in [0.5, 0.6) is 17.2 Å². The molecule has 2 aromatic carbocycles. The first-order chi connectivity index (χ1) is 13.2. The average Bonchev–Trinajstić information content (AvgIpc) is 2.70. The molecule has 0 radical (unpaired) electrons. The number of phenols is 1. The summed E-state index contributed by atoms with van der Waals surface area (Å²) >= 11 is 0. The number of hydrogen-bond acceptors (Lipinski definition) is 4. The van der Waals surface area contributed by atoms with Crippen molar-refractivity contribution < 1.29 is 14.6 Å². The van der Waals surface area contributed by atoms with Crippen LogP contribution in [-0.2, 0) is 6.42 Å². The maximum atomic E-state index is 9.30. The van der Waals surface area contributed by atoms with Crippen molar-refractivity contribution in [2.45, 2.75) is 19.8 Å². The van der Waals surface area contributed by atoms with Crippen molar-refractivity contribution in [3.8, 4) is 17.2 Å². The molecule has 2 aromatic rings. The molecule has 0 amide bonds. The summed E-state index contributed by atoms with van der Waals surface area (Å²) < 4.78 is 10.8. The Bertz CT molecular complexity index is 685. The Morgan fingerprint density at radius 1 is 1.00 bits per heavy atom. The lowest BCUT2D eigenvalue weighted by molar-refractivity contribution is 0.321. The summed E-state index contributed by atoms with van der Waals surface area (Å²) in [6.07, 6.45) is 1.88. The molecule has 0 aliphatic heterocycles. The molecule has 2 rings (SSSR count). The number of aryl methyl sites for hydroxylation is 1. The number of hydrogen-bond donors (Lipinski definition) is 3. The minimum absolute atomic E-state index is 0.298. The molecule has 0 aliphatic carbocycles. The van der Waals surface area contributed by atoms with Gasteiger partial charge < -0.3 is 25.2 Å². The van der Waals surface area contributed by atoms with Crippen molar-refractivity contribution in [2.24, 2.45) is 4.99 Å². The van der Waals surface area contributed by atoms with Gasteiger partial charge >= 0.3 is 0 Å². The van der Waals surface area contributed by atoms with Crippen LogP contribution in [0.25, 0.3) is 0 Å². The predicted molar refractivity (Wildman–Crippen MR) is 109 cm³/mol. The quantitative estimate of drug-likeness (QED) is 0.340. The van der Waals surface area contributed by atoms with Crippen molar-refractivity contribution in [2.75, 3.05) is 33.4 Å². The standard InChI is InChI=1S/C21H29N3O3/c1-3-22-21(23-14-4-5-17-6-8-18(25)9-7-17)24-15-16-27-20-12-10-19(26-2)11-13-20/h6-13,25H,3-5,14-16H2,1-2H3,(H2,22,23,24). The number of rotatable bonds is 10. The molecule has 0 fully saturated rings. The Hall–Kier alpha value is -2.89. The van der Waals surface area contributed by atoms with Crippen molar-refractivity contribution >= 4 is 5.96 Å². The lowest BCUT2D eigenvalue weighted by Crippen LogP contribution is -2.39. The Labute approximate surface area is 161 Å². The van der Waals surface area contributed by atoms with Gasteiger partial charge in [0.1, 0.15) is 23.9 Å². The van der Waals surface area contributed by atoms with Gasteiger partial charge in [-0.3, -0.25) is 4.99 Å². The number of benzene rings is 2. The van der Waals surface area contributed by atoms with Crippen LogP contribution < -0.4 is 20.1 Å². The molecule has 3 N–H and O–H groups in total. The van der Waals surface area contributed by atoms with Gasteiger partial charge in [0.25, 0.3) is 0 Å². The first-order valence-corrected chi connectivity index (χ1v) is 9.28. The van der Waals surface area contributed by atoms with E-state index < -0.39 is 0 Å². The number of nitrogens with one attached hydrogen (secondary N) is 2. The highest BCUT2D eigenvalue weighted by Crippen LogP contribution is 2.16. The number of methoxy groups -OCH3 is 1. The summed E-state index contributed by atoms with van der Waals surface area (Å²) in [5.41, 5.74) is 1.20. The number of ether oxygens (including phenoxy) is 2. The average molecular weight is 371 g/mol. The number of phenolic OH excluding ortho intramolecular Hbond substituents is 1. The monoisotopic (exact) mass is 371 g/mol. The maximum absolute atomic E-state index is 9.30. The number of guanidine groups is 1. The molecule has 0 bridgehead atoms. The third-order valence-electron chi connectivity index (χ3n) is 3.90. The molecule has 0 unspecified atom stereocenters. The highest BCUT2D eigenvalue weighted by atomic mass is 16.5. The summed E-state index contributed by atoms with van der Waals surface area (Å²) in [6.45, 7) is 4.79. The van der Waals surface area contributed by atoms with E-state index in [-0.39, 0.29) is 0 Å². The fraction of sp³-hybridized carbons (Fsp3) is 0.381. The zero-order valence-electron chi connectivity index (χ0n) is 16.1. The zero-order chi connectivity index (χ0) is 19.3. The lowest BCUT2D eigenvalue weighted by atomic mass is 10.1. The van der Waals surface area contributed by atoms with Crippen molar-refractivity contribution in [1.29, 1.82) is 0 Å². The molecular weight excluding hydrogens is 342 g/mol. The van der Waals surface area contributed by atoms with Gasteiger partial charge in [-0.15, -0.1) is 0 Å². The lowest BCUT2D eigenvalue weighted by Gasteiger charge is -2.12. The Balaban J connectivity index is 1.68. The van der Waals surface area contributed by atoms with E-state index in [1.165, 1.54) is 5.56 Å². The summed E-state index contributed by atoms with van der Waals surface area (Å²) in [4.78, 5) is 4.59. The van der Waals surface area contributed by atoms with E-state index >= 15 is 0 Å². The van der Waals surface area contributed by atoms with Crippen LogP contribution in [0.4, 0.5) is 0 Å². The van der Waals surface area contributed by atoms with Gasteiger partial charge in [0.15, 0.2) is 5.96 Å².